The molecule has 2 aliphatic heterocycles. The van der Waals surface area contributed by atoms with Crippen LogP contribution >= 0.6 is 0 Å². The SMILES string of the molecule is CNC1CC2CCCC(C1)N2CCCCC(F)(F)F. The maximum absolute atomic E-state index is 12.1. The van der Waals surface area contributed by atoms with Crippen molar-refractivity contribution in [2.24, 2.45) is 0 Å². The molecule has 2 saturated heterocycles. The van der Waals surface area contributed by atoms with E-state index in [9.17, 15) is 13.2 Å². The number of piperidine rings is 2. The standard InChI is InChI=1S/C14H25F3N2/c1-18-11-9-12-5-4-6-13(10-11)19(12)8-3-2-7-14(15,16)17/h11-13,18H,2-10H2,1H3. The summed E-state index contributed by atoms with van der Waals surface area (Å²) in [4.78, 5) is 2.49. The van der Waals surface area contributed by atoms with Gasteiger partial charge in [-0.15, -0.1) is 0 Å². The summed E-state index contributed by atoms with van der Waals surface area (Å²) in [6.45, 7) is 0.849. The molecule has 2 heterocycles. The van der Waals surface area contributed by atoms with Gasteiger partial charge in [0, 0.05) is 24.5 Å². The Kier molecular flexibility index (Phi) is 5.12. The van der Waals surface area contributed by atoms with Gasteiger partial charge in [-0.05, 0) is 52.1 Å². The van der Waals surface area contributed by atoms with Crippen molar-refractivity contribution in [3.8, 4) is 0 Å². The first kappa shape index (κ1) is 15.1. The van der Waals surface area contributed by atoms with Gasteiger partial charge in [0.2, 0.25) is 0 Å². The molecule has 2 rings (SSSR count). The van der Waals surface area contributed by atoms with E-state index < -0.39 is 12.6 Å². The highest BCUT2D eigenvalue weighted by atomic mass is 19.4. The Morgan fingerprint density at radius 2 is 1.74 bits per heavy atom. The second kappa shape index (κ2) is 6.44. The van der Waals surface area contributed by atoms with Crippen LogP contribution in [0.1, 0.15) is 51.4 Å². The van der Waals surface area contributed by atoms with E-state index in [-0.39, 0.29) is 6.42 Å². The lowest BCUT2D eigenvalue weighted by Crippen LogP contribution is -2.55. The zero-order chi connectivity index (χ0) is 13.9. The molecule has 0 aliphatic carbocycles. The van der Waals surface area contributed by atoms with Crippen LogP contribution in [-0.2, 0) is 0 Å². The van der Waals surface area contributed by atoms with E-state index in [0.29, 0.717) is 24.5 Å². The van der Waals surface area contributed by atoms with Crippen molar-refractivity contribution in [1.82, 2.24) is 10.2 Å². The molecule has 112 valence electrons. The highest BCUT2D eigenvalue weighted by Gasteiger charge is 2.37. The van der Waals surface area contributed by atoms with Crippen molar-refractivity contribution in [1.29, 1.82) is 0 Å². The number of hydrogen-bond donors (Lipinski definition) is 1. The summed E-state index contributed by atoms with van der Waals surface area (Å²) in [5.74, 6) is 0. The molecule has 19 heavy (non-hydrogen) atoms. The lowest BCUT2D eigenvalue weighted by atomic mass is 9.81. The molecule has 0 radical (unpaired) electrons. The molecule has 2 unspecified atom stereocenters. The molecule has 0 aromatic rings. The van der Waals surface area contributed by atoms with Gasteiger partial charge in [0.1, 0.15) is 0 Å². The molecule has 1 N–H and O–H groups in total. The Bertz CT molecular complexity index is 266. The predicted octanol–water partition coefficient (Wildman–Crippen LogP) is 3.32. The van der Waals surface area contributed by atoms with Crippen LogP contribution in [0.4, 0.5) is 13.2 Å². The molecule has 2 aliphatic rings. The second-order valence-corrected chi connectivity index (χ2v) is 6.01. The van der Waals surface area contributed by atoms with E-state index in [2.05, 4.69) is 10.2 Å². The fraction of sp³-hybridized carbons (Fsp3) is 1.00. The Labute approximate surface area is 113 Å². The predicted molar refractivity (Wildman–Crippen MR) is 70.1 cm³/mol. The molecule has 2 atom stereocenters. The highest BCUT2D eigenvalue weighted by Crippen LogP contribution is 2.34. The molecule has 2 bridgehead atoms. The van der Waals surface area contributed by atoms with Crippen molar-refractivity contribution in [2.75, 3.05) is 13.6 Å². The van der Waals surface area contributed by atoms with E-state index in [1.165, 1.54) is 19.3 Å². The third-order valence-electron chi connectivity index (χ3n) is 4.66. The van der Waals surface area contributed by atoms with Crippen LogP contribution in [0, 0.1) is 0 Å². The van der Waals surface area contributed by atoms with Gasteiger partial charge in [0.15, 0.2) is 0 Å². The molecular weight excluding hydrogens is 253 g/mol. The number of alkyl halides is 3. The lowest BCUT2D eigenvalue weighted by molar-refractivity contribution is -0.136. The molecule has 0 spiro atoms. The van der Waals surface area contributed by atoms with Crippen molar-refractivity contribution in [3.63, 3.8) is 0 Å². The molecule has 0 saturated carbocycles. The average molecular weight is 278 g/mol. The molecule has 2 nitrogen and oxygen atoms in total. The summed E-state index contributed by atoms with van der Waals surface area (Å²) in [6, 6.07) is 1.79. The van der Waals surface area contributed by atoms with Crippen LogP contribution in [0.15, 0.2) is 0 Å². The van der Waals surface area contributed by atoms with Gasteiger partial charge in [-0.25, -0.2) is 0 Å². The van der Waals surface area contributed by atoms with Crippen LogP contribution < -0.4 is 5.32 Å². The van der Waals surface area contributed by atoms with Crippen molar-refractivity contribution in [2.45, 2.75) is 75.7 Å². The summed E-state index contributed by atoms with van der Waals surface area (Å²) in [7, 11) is 2.01. The molecule has 0 aromatic carbocycles. The van der Waals surface area contributed by atoms with Crippen molar-refractivity contribution < 1.29 is 13.2 Å². The topological polar surface area (TPSA) is 15.3 Å². The summed E-state index contributed by atoms with van der Waals surface area (Å²) in [5.41, 5.74) is 0. The van der Waals surface area contributed by atoms with Crippen LogP contribution in [0.25, 0.3) is 0 Å². The Hall–Kier alpha value is -0.290. The van der Waals surface area contributed by atoms with Gasteiger partial charge in [-0.2, -0.15) is 13.2 Å². The van der Waals surface area contributed by atoms with Gasteiger partial charge in [-0.1, -0.05) is 6.42 Å². The number of unbranched alkanes of at least 4 members (excludes halogenated alkanes) is 1. The van der Waals surface area contributed by atoms with E-state index >= 15 is 0 Å². The molecule has 2 fully saturated rings. The van der Waals surface area contributed by atoms with Crippen molar-refractivity contribution in [3.05, 3.63) is 0 Å². The third-order valence-corrected chi connectivity index (χ3v) is 4.66. The first-order valence-electron chi connectivity index (χ1n) is 7.49. The van der Waals surface area contributed by atoms with Gasteiger partial charge in [0.05, 0.1) is 0 Å². The molecule has 5 heteroatoms. The Balaban J connectivity index is 1.77. The second-order valence-electron chi connectivity index (χ2n) is 6.01. The number of hydrogen-bond acceptors (Lipinski definition) is 2. The highest BCUT2D eigenvalue weighted by molar-refractivity contribution is 4.94. The maximum atomic E-state index is 12.1. The maximum Gasteiger partial charge on any atom is 0.389 e. The number of halogens is 3. The van der Waals surface area contributed by atoms with Gasteiger partial charge in [0.25, 0.3) is 0 Å². The minimum atomic E-state index is -3.99. The number of rotatable bonds is 5. The van der Waals surface area contributed by atoms with E-state index in [0.717, 1.165) is 19.4 Å². The summed E-state index contributed by atoms with van der Waals surface area (Å²) in [5, 5.41) is 3.36. The monoisotopic (exact) mass is 278 g/mol. The largest absolute Gasteiger partial charge is 0.389 e. The van der Waals surface area contributed by atoms with E-state index in [4.69, 9.17) is 0 Å². The minimum Gasteiger partial charge on any atom is -0.317 e. The summed E-state index contributed by atoms with van der Waals surface area (Å²) < 4.78 is 36.4. The first-order valence-corrected chi connectivity index (χ1v) is 7.49. The van der Waals surface area contributed by atoms with Crippen LogP contribution in [-0.4, -0.2) is 42.8 Å². The molecular formula is C14H25F3N2. The van der Waals surface area contributed by atoms with Crippen LogP contribution in [0.5, 0.6) is 0 Å². The quantitative estimate of drug-likeness (QED) is 0.776. The minimum absolute atomic E-state index is 0.273. The first-order chi connectivity index (χ1) is 8.99. The van der Waals surface area contributed by atoms with Crippen molar-refractivity contribution >= 4 is 0 Å². The normalized spacial score (nSPS) is 32.5. The van der Waals surface area contributed by atoms with Gasteiger partial charge < -0.3 is 5.32 Å². The molecule has 0 aromatic heterocycles. The Morgan fingerprint density at radius 1 is 1.11 bits per heavy atom. The summed E-state index contributed by atoms with van der Waals surface area (Å²) >= 11 is 0. The number of nitrogens with zero attached hydrogens (tertiary/aromatic N) is 1. The van der Waals surface area contributed by atoms with E-state index in [1.54, 1.807) is 0 Å². The zero-order valence-corrected chi connectivity index (χ0v) is 11.7. The Morgan fingerprint density at radius 3 is 2.26 bits per heavy atom. The van der Waals surface area contributed by atoms with Crippen LogP contribution in [0.3, 0.4) is 0 Å². The number of fused-ring (bicyclic) bond motifs is 2. The number of nitrogens with one attached hydrogen (secondary N) is 1. The van der Waals surface area contributed by atoms with Crippen LogP contribution in [0.2, 0.25) is 0 Å². The smallest absolute Gasteiger partial charge is 0.317 e. The third kappa shape index (κ3) is 4.35. The summed E-state index contributed by atoms with van der Waals surface area (Å²) in [6.07, 6.45) is 2.36. The fourth-order valence-corrected chi connectivity index (χ4v) is 3.70. The van der Waals surface area contributed by atoms with Gasteiger partial charge >= 0.3 is 6.18 Å². The lowest BCUT2D eigenvalue weighted by Gasteiger charge is -2.49. The van der Waals surface area contributed by atoms with E-state index in [1.807, 2.05) is 7.05 Å². The zero-order valence-electron chi connectivity index (χ0n) is 11.7. The average Bonchev–Trinajstić information content (AvgIpc) is 2.32. The fourth-order valence-electron chi connectivity index (χ4n) is 3.70. The molecule has 0 amide bonds. The van der Waals surface area contributed by atoms with Gasteiger partial charge in [-0.3, -0.25) is 4.90 Å².